The lowest BCUT2D eigenvalue weighted by atomic mass is 10.1. The van der Waals surface area contributed by atoms with Gasteiger partial charge in [0.2, 0.25) is 5.91 Å². The molecule has 1 aliphatic rings. The van der Waals surface area contributed by atoms with Gasteiger partial charge in [-0.1, -0.05) is 18.2 Å². The van der Waals surface area contributed by atoms with E-state index in [1.807, 2.05) is 0 Å². The zero-order valence-corrected chi connectivity index (χ0v) is 14.6. The predicted molar refractivity (Wildman–Crippen MR) is 96.8 cm³/mol. The third-order valence-corrected chi connectivity index (χ3v) is 4.65. The Bertz CT molecular complexity index is 819. The Morgan fingerprint density at radius 2 is 1.78 bits per heavy atom. The van der Waals surface area contributed by atoms with Crippen molar-refractivity contribution in [1.82, 2.24) is 5.32 Å². The van der Waals surface area contributed by atoms with Gasteiger partial charge in [-0.2, -0.15) is 0 Å². The number of halogens is 2. The lowest BCUT2D eigenvalue weighted by molar-refractivity contribution is -0.121. The predicted octanol–water partition coefficient (Wildman–Crippen LogP) is 2.99. The molecule has 7 heteroatoms. The fourth-order valence-electron chi connectivity index (χ4n) is 3.24. The third-order valence-electron chi connectivity index (χ3n) is 4.65. The van der Waals surface area contributed by atoms with Crippen molar-refractivity contribution in [2.45, 2.75) is 25.3 Å². The molecule has 1 amide bonds. The van der Waals surface area contributed by atoms with Crippen molar-refractivity contribution in [1.29, 1.82) is 0 Å². The standard InChI is InChI=1S/C20H20F2N2O3/c21-16-2-1-3-17(22)19(16)24-11-10-15(12-24)23-18(25)9-6-13-4-7-14(8-5-13)20(26)27/h1-5,7-8,15H,6,9-12H2,(H,23,25)(H,26,27). The Labute approximate surface area is 155 Å². The van der Waals surface area contributed by atoms with Crippen LogP contribution in [0.4, 0.5) is 14.5 Å². The summed E-state index contributed by atoms with van der Waals surface area (Å²) in [6, 6.07) is 10.0. The molecule has 1 saturated heterocycles. The number of anilines is 1. The summed E-state index contributed by atoms with van der Waals surface area (Å²) in [7, 11) is 0. The van der Waals surface area contributed by atoms with Crippen molar-refractivity contribution < 1.29 is 23.5 Å². The Morgan fingerprint density at radius 3 is 2.41 bits per heavy atom. The van der Waals surface area contributed by atoms with Crippen LogP contribution < -0.4 is 10.2 Å². The van der Waals surface area contributed by atoms with E-state index in [-0.39, 0.29) is 29.6 Å². The normalized spacial score (nSPS) is 16.4. The average molecular weight is 374 g/mol. The van der Waals surface area contributed by atoms with E-state index in [4.69, 9.17) is 5.11 Å². The van der Waals surface area contributed by atoms with Gasteiger partial charge in [0.25, 0.3) is 0 Å². The smallest absolute Gasteiger partial charge is 0.335 e. The van der Waals surface area contributed by atoms with Crippen molar-refractivity contribution in [2.24, 2.45) is 0 Å². The highest BCUT2D eigenvalue weighted by Gasteiger charge is 2.27. The molecule has 2 N–H and O–H groups in total. The van der Waals surface area contributed by atoms with Gasteiger partial charge < -0.3 is 15.3 Å². The molecule has 27 heavy (non-hydrogen) atoms. The number of para-hydroxylation sites is 1. The van der Waals surface area contributed by atoms with Gasteiger partial charge in [0.05, 0.1) is 5.56 Å². The average Bonchev–Trinajstić information content (AvgIpc) is 3.08. The molecule has 1 heterocycles. The van der Waals surface area contributed by atoms with Crippen LogP contribution in [0, 0.1) is 11.6 Å². The van der Waals surface area contributed by atoms with E-state index in [0.29, 0.717) is 25.9 Å². The van der Waals surface area contributed by atoms with Crippen LogP contribution in [0.15, 0.2) is 42.5 Å². The van der Waals surface area contributed by atoms with E-state index in [1.165, 1.54) is 30.3 Å². The van der Waals surface area contributed by atoms with Crippen molar-refractivity contribution in [3.05, 3.63) is 65.2 Å². The Morgan fingerprint density at radius 1 is 1.11 bits per heavy atom. The van der Waals surface area contributed by atoms with Gasteiger partial charge in [-0.25, -0.2) is 13.6 Å². The Balaban J connectivity index is 1.50. The van der Waals surface area contributed by atoms with Crippen LogP contribution in [-0.4, -0.2) is 36.1 Å². The Hall–Kier alpha value is -2.96. The number of carbonyl (C=O) groups excluding carboxylic acids is 1. The molecule has 2 aromatic rings. The number of amides is 1. The number of rotatable bonds is 6. The third kappa shape index (κ3) is 4.61. The van der Waals surface area contributed by atoms with E-state index in [9.17, 15) is 18.4 Å². The molecule has 1 atom stereocenters. The second-order valence-corrected chi connectivity index (χ2v) is 6.57. The number of nitrogens with one attached hydrogen (secondary N) is 1. The molecule has 0 aliphatic carbocycles. The minimum Gasteiger partial charge on any atom is -0.478 e. The van der Waals surface area contributed by atoms with Crippen LogP contribution in [0.2, 0.25) is 0 Å². The van der Waals surface area contributed by atoms with Crippen LogP contribution >= 0.6 is 0 Å². The quantitative estimate of drug-likeness (QED) is 0.816. The number of aryl methyl sites for hydroxylation is 1. The van der Waals surface area contributed by atoms with Crippen molar-refractivity contribution in [3.63, 3.8) is 0 Å². The number of carboxylic acid groups (broad SMARTS) is 1. The highest BCUT2D eigenvalue weighted by molar-refractivity contribution is 5.87. The second-order valence-electron chi connectivity index (χ2n) is 6.57. The molecule has 0 radical (unpaired) electrons. The maximum Gasteiger partial charge on any atom is 0.335 e. The fourth-order valence-corrected chi connectivity index (χ4v) is 3.24. The van der Waals surface area contributed by atoms with E-state index >= 15 is 0 Å². The molecule has 0 saturated carbocycles. The monoisotopic (exact) mass is 374 g/mol. The number of hydrogen-bond donors (Lipinski definition) is 2. The van der Waals surface area contributed by atoms with Gasteiger partial charge in [-0.3, -0.25) is 4.79 Å². The molecule has 3 rings (SSSR count). The Kier molecular flexibility index (Phi) is 5.69. The molecule has 1 fully saturated rings. The maximum atomic E-state index is 13.9. The SMILES string of the molecule is O=C(CCc1ccc(C(=O)O)cc1)NC1CCN(c2c(F)cccc2F)C1. The molecule has 1 unspecified atom stereocenters. The molecular weight excluding hydrogens is 354 g/mol. The summed E-state index contributed by atoms with van der Waals surface area (Å²) in [5.41, 5.74) is 1.03. The van der Waals surface area contributed by atoms with Gasteiger partial charge in [-0.05, 0) is 42.7 Å². The van der Waals surface area contributed by atoms with Gasteiger partial charge >= 0.3 is 5.97 Å². The van der Waals surface area contributed by atoms with Crippen LogP contribution in [0.5, 0.6) is 0 Å². The molecule has 0 spiro atoms. The van der Waals surface area contributed by atoms with Crippen LogP contribution in [0.1, 0.15) is 28.8 Å². The topological polar surface area (TPSA) is 69.6 Å². The van der Waals surface area contributed by atoms with Crippen molar-refractivity contribution in [3.8, 4) is 0 Å². The molecule has 1 aliphatic heterocycles. The molecule has 5 nitrogen and oxygen atoms in total. The number of aromatic carboxylic acids is 1. The molecule has 0 bridgehead atoms. The zero-order chi connectivity index (χ0) is 19.4. The second kappa shape index (κ2) is 8.16. The number of nitrogens with zero attached hydrogens (tertiary/aromatic N) is 1. The lowest BCUT2D eigenvalue weighted by Crippen LogP contribution is -2.37. The summed E-state index contributed by atoms with van der Waals surface area (Å²) in [5.74, 6) is -2.34. The maximum absolute atomic E-state index is 13.9. The minimum atomic E-state index is -0.989. The summed E-state index contributed by atoms with van der Waals surface area (Å²) >= 11 is 0. The van der Waals surface area contributed by atoms with E-state index in [0.717, 1.165) is 5.56 Å². The number of benzene rings is 2. The summed E-state index contributed by atoms with van der Waals surface area (Å²) in [4.78, 5) is 24.6. The van der Waals surface area contributed by atoms with Gasteiger partial charge in [0.1, 0.15) is 17.3 Å². The van der Waals surface area contributed by atoms with Gasteiger partial charge in [-0.15, -0.1) is 0 Å². The summed E-state index contributed by atoms with van der Waals surface area (Å²) < 4.78 is 27.7. The van der Waals surface area contributed by atoms with Crippen LogP contribution in [0.3, 0.4) is 0 Å². The van der Waals surface area contributed by atoms with Crippen LogP contribution in [-0.2, 0) is 11.2 Å². The van der Waals surface area contributed by atoms with Crippen molar-refractivity contribution >= 4 is 17.6 Å². The first kappa shape index (κ1) is 18.8. The van der Waals surface area contributed by atoms with E-state index in [1.54, 1.807) is 17.0 Å². The minimum absolute atomic E-state index is 0.0484. The lowest BCUT2D eigenvalue weighted by Gasteiger charge is -2.20. The largest absolute Gasteiger partial charge is 0.478 e. The van der Waals surface area contributed by atoms with Crippen molar-refractivity contribution in [2.75, 3.05) is 18.0 Å². The van der Waals surface area contributed by atoms with Crippen LogP contribution in [0.25, 0.3) is 0 Å². The summed E-state index contributed by atoms with van der Waals surface area (Å²) in [6.45, 7) is 0.830. The summed E-state index contributed by atoms with van der Waals surface area (Å²) in [5, 5.41) is 11.8. The highest BCUT2D eigenvalue weighted by Crippen LogP contribution is 2.26. The fraction of sp³-hybridized carbons (Fsp3) is 0.300. The first-order valence-corrected chi connectivity index (χ1v) is 8.74. The molecule has 2 aromatic carbocycles. The molecule has 0 aromatic heterocycles. The molecule has 142 valence electrons. The summed E-state index contributed by atoms with van der Waals surface area (Å²) in [6.07, 6.45) is 1.37. The number of carboxylic acids is 1. The van der Waals surface area contributed by atoms with Gasteiger partial charge in [0.15, 0.2) is 0 Å². The number of hydrogen-bond acceptors (Lipinski definition) is 3. The van der Waals surface area contributed by atoms with E-state index in [2.05, 4.69) is 5.32 Å². The van der Waals surface area contributed by atoms with Gasteiger partial charge in [0, 0.05) is 25.6 Å². The number of carbonyl (C=O) groups is 2. The van der Waals surface area contributed by atoms with E-state index < -0.39 is 17.6 Å². The molecular formula is C20H20F2N2O3. The zero-order valence-electron chi connectivity index (χ0n) is 14.6. The first-order valence-electron chi connectivity index (χ1n) is 8.74. The first-order chi connectivity index (χ1) is 12.9. The highest BCUT2D eigenvalue weighted by atomic mass is 19.1.